The third kappa shape index (κ3) is 5.92. The van der Waals surface area contributed by atoms with Gasteiger partial charge < -0.3 is 11.0 Å². The Morgan fingerprint density at radius 3 is 1.86 bits per heavy atom. The zero-order valence-electron chi connectivity index (χ0n) is 6.31. The minimum atomic E-state index is 0. The van der Waals surface area contributed by atoms with Crippen LogP contribution < -0.4 is 0 Å². The van der Waals surface area contributed by atoms with Gasteiger partial charge in [-0.05, 0) is 0 Å². The molecule has 0 aliphatic heterocycles. The van der Waals surface area contributed by atoms with Crippen LogP contribution in [0.1, 0.15) is 1.43 Å². The van der Waals surface area contributed by atoms with Crippen molar-refractivity contribution in [1.29, 1.82) is 0 Å². The molecule has 0 saturated carbocycles. The first-order valence-corrected chi connectivity index (χ1v) is 2.47. The van der Waals surface area contributed by atoms with Crippen molar-refractivity contribution in [2.24, 2.45) is 0 Å². The first kappa shape index (κ1) is 6.92. The molecule has 0 aliphatic carbocycles. The lowest BCUT2D eigenvalue weighted by Crippen LogP contribution is -2.36. The van der Waals surface area contributed by atoms with E-state index < -0.39 is 0 Å². The molecular weight excluding hydrogens is 90.1 g/mol. The average molecular weight is 106 g/mol. The molecule has 0 saturated heterocycles. The van der Waals surface area contributed by atoms with Crippen LogP contribution in [-0.4, -0.2) is 43.9 Å². The number of aliphatic hydroxyl groups is 1. The monoisotopic (exact) mass is 106 g/mol. The first-order chi connectivity index (χ1) is 3.06. The number of hydrogen-bond acceptors (Lipinski definition) is 1. The summed E-state index contributed by atoms with van der Waals surface area (Å²) >= 11 is 0. The Bertz CT molecular complexity index is 50.9. The molecular formula is C5H15NO. The fourth-order valence-electron chi connectivity index (χ4n) is 0.300. The van der Waals surface area contributed by atoms with Crippen LogP contribution in [0.4, 0.5) is 0 Å². The quantitative estimate of drug-likeness (QED) is 0.483. The third-order valence-corrected chi connectivity index (χ3v) is 0.771. The van der Waals surface area contributed by atoms with E-state index in [0.29, 0.717) is 0 Å². The number of rotatable bonds is 2. The molecule has 0 heterocycles. The minimum absolute atomic E-state index is 0. The smallest absolute Gasteiger partial charge is 0.101 e. The van der Waals surface area contributed by atoms with Gasteiger partial charge in [-0.2, -0.15) is 0 Å². The van der Waals surface area contributed by atoms with E-state index in [2.05, 4.69) is 21.1 Å². The van der Waals surface area contributed by atoms with Gasteiger partial charge in [-0.15, -0.1) is 0 Å². The SMILES string of the molecule is C[N+](C)(C)CCO.[2H-]. The summed E-state index contributed by atoms with van der Waals surface area (Å²) in [6.07, 6.45) is 0. The van der Waals surface area contributed by atoms with Crippen LogP contribution in [0.3, 0.4) is 0 Å². The predicted octanol–water partition coefficient (Wildman–Crippen LogP) is -0.203. The van der Waals surface area contributed by atoms with Gasteiger partial charge in [-0.1, -0.05) is 0 Å². The van der Waals surface area contributed by atoms with E-state index in [1.807, 2.05) is 0 Å². The molecule has 46 valence electrons. The normalized spacial score (nSPS) is 12.0. The summed E-state index contributed by atoms with van der Waals surface area (Å²) in [7, 11) is 6.16. The predicted molar refractivity (Wildman–Crippen MR) is 31.1 cm³/mol. The maximum Gasteiger partial charge on any atom is 0.101 e. The van der Waals surface area contributed by atoms with Crippen molar-refractivity contribution in [3.05, 3.63) is 0 Å². The summed E-state index contributed by atoms with van der Waals surface area (Å²) in [5.74, 6) is 0. The highest BCUT2D eigenvalue weighted by Gasteiger charge is 2.02. The lowest BCUT2D eigenvalue weighted by molar-refractivity contribution is -0.870. The van der Waals surface area contributed by atoms with Crippen molar-refractivity contribution >= 4 is 0 Å². The molecule has 0 bridgehead atoms. The Balaban J connectivity index is 0. The second-order valence-corrected chi connectivity index (χ2v) is 2.74. The van der Waals surface area contributed by atoms with Gasteiger partial charge in [0.25, 0.3) is 0 Å². The number of likely N-dealkylation sites (N-methyl/N-ethyl adjacent to an activating group) is 1. The molecule has 0 rings (SSSR count). The maximum absolute atomic E-state index is 8.39. The number of nitrogens with zero attached hydrogens (tertiary/aromatic N) is 1. The zero-order valence-corrected chi connectivity index (χ0v) is 5.31. The van der Waals surface area contributed by atoms with E-state index in [0.717, 1.165) is 11.0 Å². The largest absolute Gasteiger partial charge is 1.00 e. The van der Waals surface area contributed by atoms with E-state index >= 15 is 0 Å². The number of hydrogen-bond donors (Lipinski definition) is 1. The standard InChI is InChI=1S/C5H14NO.H/c1-6(2,3)4-5-7;/h7H,4-5H2,1-3H3;/q+1;-1/i;1+1. The summed E-state index contributed by atoms with van der Waals surface area (Å²) in [6, 6.07) is 0. The zero-order chi connectivity index (χ0) is 5.91. The van der Waals surface area contributed by atoms with Gasteiger partial charge in [-0.3, -0.25) is 0 Å². The fraction of sp³-hybridized carbons (Fsp3) is 1.00. The molecule has 1 N–H and O–H groups in total. The van der Waals surface area contributed by atoms with Gasteiger partial charge in [0.05, 0.1) is 27.7 Å². The maximum atomic E-state index is 8.39. The number of quaternary nitrogens is 1. The molecule has 0 amide bonds. The summed E-state index contributed by atoms with van der Waals surface area (Å²) in [6.45, 7) is 1.11. The number of aliphatic hydroxyl groups excluding tert-OH is 1. The van der Waals surface area contributed by atoms with Crippen LogP contribution in [0, 0.1) is 0 Å². The van der Waals surface area contributed by atoms with E-state index in [-0.39, 0.29) is 8.03 Å². The Morgan fingerprint density at radius 1 is 1.43 bits per heavy atom. The fourth-order valence-corrected chi connectivity index (χ4v) is 0.300. The molecule has 0 unspecified atom stereocenters. The minimum Gasteiger partial charge on any atom is -1.00 e. The van der Waals surface area contributed by atoms with Crippen molar-refractivity contribution in [2.45, 2.75) is 0 Å². The summed E-state index contributed by atoms with van der Waals surface area (Å²) in [4.78, 5) is 0. The highest BCUT2D eigenvalue weighted by atomic mass is 16.3. The highest BCUT2D eigenvalue weighted by Crippen LogP contribution is 1.84. The molecule has 2 heteroatoms. The lowest BCUT2D eigenvalue weighted by Gasteiger charge is -2.21. The summed E-state index contributed by atoms with van der Waals surface area (Å²) in [5.41, 5.74) is 0. The molecule has 2 nitrogen and oxygen atoms in total. The van der Waals surface area contributed by atoms with Gasteiger partial charge in [-0.25, -0.2) is 0 Å². The second-order valence-electron chi connectivity index (χ2n) is 2.74. The van der Waals surface area contributed by atoms with Crippen LogP contribution in [0.15, 0.2) is 0 Å². The van der Waals surface area contributed by atoms with Gasteiger partial charge in [0, 0.05) is 0 Å². The molecule has 0 radical (unpaired) electrons. The second kappa shape index (κ2) is 2.28. The molecule has 0 spiro atoms. The van der Waals surface area contributed by atoms with Crippen LogP contribution in [0.5, 0.6) is 0 Å². The van der Waals surface area contributed by atoms with Crippen LogP contribution >= 0.6 is 0 Å². The summed E-state index contributed by atoms with van der Waals surface area (Å²) < 4.78 is 0.844. The average Bonchev–Trinajstić information content (AvgIpc) is 1.30. The van der Waals surface area contributed by atoms with Crippen LogP contribution in [0.2, 0.25) is 0 Å². The third-order valence-electron chi connectivity index (χ3n) is 0.771. The van der Waals surface area contributed by atoms with Crippen molar-refractivity contribution in [2.75, 3.05) is 34.3 Å². The van der Waals surface area contributed by atoms with Crippen molar-refractivity contribution in [3.63, 3.8) is 0 Å². The highest BCUT2D eigenvalue weighted by molar-refractivity contribution is 4.19. The molecule has 0 aliphatic rings. The molecule has 0 aromatic rings. The van der Waals surface area contributed by atoms with Gasteiger partial charge >= 0.3 is 0 Å². The van der Waals surface area contributed by atoms with Crippen molar-refractivity contribution < 1.29 is 11.0 Å². The first-order valence-electron chi connectivity index (χ1n) is 2.47. The van der Waals surface area contributed by atoms with Gasteiger partial charge in [0.2, 0.25) is 0 Å². The molecule has 0 aromatic heterocycles. The van der Waals surface area contributed by atoms with Crippen molar-refractivity contribution in [1.82, 2.24) is 0 Å². The lowest BCUT2D eigenvalue weighted by atomic mass is 10.5. The molecule has 0 fully saturated rings. The Kier molecular flexibility index (Phi) is 2.26. The van der Waals surface area contributed by atoms with Gasteiger partial charge in [0.15, 0.2) is 0 Å². The topological polar surface area (TPSA) is 20.2 Å². The Labute approximate surface area is 46.4 Å². The summed E-state index contributed by atoms with van der Waals surface area (Å²) in [5, 5.41) is 8.39. The molecule has 0 aromatic carbocycles. The molecule has 7 heavy (non-hydrogen) atoms. The Morgan fingerprint density at radius 2 is 1.86 bits per heavy atom. The van der Waals surface area contributed by atoms with E-state index in [9.17, 15) is 0 Å². The van der Waals surface area contributed by atoms with Gasteiger partial charge in [0.1, 0.15) is 6.54 Å². The van der Waals surface area contributed by atoms with Crippen LogP contribution in [-0.2, 0) is 0 Å². The Hall–Kier alpha value is -0.0800. The van der Waals surface area contributed by atoms with E-state index in [1.165, 1.54) is 0 Å². The van der Waals surface area contributed by atoms with E-state index in [4.69, 9.17) is 5.11 Å². The van der Waals surface area contributed by atoms with Crippen LogP contribution in [0.25, 0.3) is 0 Å². The van der Waals surface area contributed by atoms with Crippen molar-refractivity contribution in [3.8, 4) is 0 Å². The van der Waals surface area contributed by atoms with E-state index in [1.54, 1.807) is 0 Å². The molecule has 0 atom stereocenters.